The van der Waals surface area contributed by atoms with Gasteiger partial charge in [-0.25, -0.2) is 4.39 Å². The van der Waals surface area contributed by atoms with Gasteiger partial charge in [-0.1, -0.05) is 19.9 Å². The molecular formula is C15H20FN5. The molecule has 0 aliphatic carbocycles. The van der Waals surface area contributed by atoms with E-state index in [0.29, 0.717) is 11.6 Å². The molecule has 2 aromatic rings. The molecule has 0 saturated carbocycles. The Morgan fingerprint density at radius 1 is 1.19 bits per heavy atom. The minimum Gasteiger partial charge on any atom is -0.355 e. The molecule has 0 spiro atoms. The van der Waals surface area contributed by atoms with Crippen LogP contribution in [0.3, 0.4) is 0 Å². The summed E-state index contributed by atoms with van der Waals surface area (Å²) in [6.45, 7) is 6.10. The Balaban J connectivity index is 2.16. The number of rotatable bonds is 7. The van der Waals surface area contributed by atoms with Gasteiger partial charge in [-0.15, -0.1) is 5.10 Å². The zero-order chi connectivity index (χ0) is 15.1. The van der Waals surface area contributed by atoms with Crippen LogP contribution in [0.25, 0.3) is 0 Å². The molecule has 5 nitrogen and oxygen atoms in total. The average Bonchev–Trinajstić information content (AvgIpc) is 2.47. The Morgan fingerprint density at radius 3 is 2.62 bits per heavy atom. The van der Waals surface area contributed by atoms with Gasteiger partial charge in [0.2, 0.25) is 5.95 Å². The highest BCUT2D eigenvalue weighted by atomic mass is 19.1. The maximum atomic E-state index is 13.2. The molecular weight excluding hydrogens is 269 g/mol. The normalized spacial score (nSPS) is 10.4. The first kappa shape index (κ1) is 15.2. The molecule has 0 atom stereocenters. The van der Waals surface area contributed by atoms with Gasteiger partial charge in [-0.2, -0.15) is 10.1 Å². The van der Waals surface area contributed by atoms with Crippen LogP contribution in [0.15, 0.2) is 30.5 Å². The first-order valence-corrected chi connectivity index (χ1v) is 7.20. The van der Waals surface area contributed by atoms with Gasteiger partial charge in [0, 0.05) is 18.8 Å². The highest BCUT2D eigenvalue weighted by molar-refractivity contribution is 5.54. The predicted octanol–water partition coefficient (Wildman–Crippen LogP) is 3.38. The summed E-state index contributed by atoms with van der Waals surface area (Å²) < 4.78 is 13.2. The molecule has 0 amide bonds. The number of nitrogens with zero attached hydrogens (tertiary/aromatic N) is 4. The van der Waals surface area contributed by atoms with Crippen LogP contribution >= 0.6 is 0 Å². The minimum absolute atomic E-state index is 0.303. The predicted molar refractivity (Wildman–Crippen MR) is 82.3 cm³/mol. The maximum absolute atomic E-state index is 13.2. The van der Waals surface area contributed by atoms with Gasteiger partial charge in [-0.05, 0) is 31.0 Å². The molecule has 1 heterocycles. The van der Waals surface area contributed by atoms with Gasteiger partial charge < -0.3 is 10.2 Å². The van der Waals surface area contributed by atoms with E-state index in [1.807, 2.05) is 0 Å². The summed E-state index contributed by atoms with van der Waals surface area (Å²) in [7, 11) is 0. The van der Waals surface area contributed by atoms with Gasteiger partial charge in [-0.3, -0.25) is 0 Å². The Labute approximate surface area is 124 Å². The van der Waals surface area contributed by atoms with Crippen molar-refractivity contribution in [3.8, 4) is 0 Å². The molecule has 6 heteroatoms. The third kappa shape index (κ3) is 4.37. The number of anilines is 3. The summed E-state index contributed by atoms with van der Waals surface area (Å²) in [5.41, 5.74) is 0.603. The fourth-order valence-corrected chi connectivity index (χ4v) is 2.08. The second kappa shape index (κ2) is 7.52. The summed E-state index contributed by atoms with van der Waals surface area (Å²) in [6.07, 6.45) is 3.73. The van der Waals surface area contributed by atoms with E-state index in [1.165, 1.54) is 12.1 Å². The molecule has 0 aliphatic rings. The molecule has 0 radical (unpaired) electrons. The highest BCUT2D eigenvalue weighted by Crippen LogP contribution is 2.16. The van der Waals surface area contributed by atoms with Crippen molar-refractivity contribution in [2.75, 3.05) is 23.3 Å². The van der Waals surface area contributed by atoms with E-state index in [1.54, 1.807) is 18.3 Å². The van der Waals surface area contributed by atoms with Crippen molar-refractivity contribution in [1.82, 2.24) is 15.2 Å². The van der Waals surface area contributed by atoms with Crippen LogP contribution in [0.5, 0.6) is 0 Å². The Hall–Kier alpha value is -2.24. The van der Waals surface area contributed by atoms with Crippen molar-refractivity contribution < 1.29 is 4.39 Å². The van der Waals surface area contributed by atoms with Gasteiger partial charge >= 0.3 is 0 Å². The van der Waals surface area contributed by atoms with E-state index in [9.17, 15) is 4.39 Å². The number of hydrogen-bond acceptors (Lipinski definition) is 5. The van der Waals surface area contributed by atoms with Crippen molar-refractivity contribution in [2.45, 2.75) is 26.7 Å². The quantitative estimate of drug-likeness (QED) is 0.847. The molecule has 1 aromatic heterocycles. The van der Waals surface area contributed by atoms with Crippen molar-refractivity contribution >= 4 is 17.5 Å². The third-order valence-electron chi connectivity index (χ3n) is 2.94. The number of hydrogen-bond donors (Lipinski definition) is 1. The second-order valence-corrected chi connectivity index (χ2v) is 4.76. The smallest absolute Gasteiger partial charge is 0.249 e. The van der Waals surface area contributed by atoms with Crippen LogP contribution in [0.1, 0.15) is 26.7 Å². The lowest BCUT2D eigenvalue weighted by Gasteiger charge is -2.22. The number of nitrogens with one attached hydrogen (secondary N) is 1. The fourth-order valence-electron chi connectivity index (χ4n) is 2.08. The van der Waals surface area contributed by atoms with Crippen molar-refractivity contribution in [3.05, 3.63) is 36.3 Å². The molecule has 0 fully saturated rings. The SMILES string of the molecule is CCCN(CCC)c1cnnc(Nc2cccc(F)c2)n1. The summed E-state index contributed by atoms with van der Waals surface area (Å²) in [5.74, 6) is 0.852. The molecule has 21 heavy (non-hydrogen) atoms. The van der Waals surface area contributed by atoms with Crippen LogP contribution in [-0.2, 0) is 0 Å². The first-order chi connectivity index (χ1) is 10.2. The molecule has 1 N–H and O–H groups in total. The lowest BCUT2D eigenvalue weighted by atomic mass is 10.3. The number of aromatic nitrogens is 3. The monoisotopic (exact) mass is 289 g/mol. The lowest BCUT2D eigenvalue weighted by Crippen LogP contribution is -2.26. The molecule has 0 bridgehead atoms. The van der Waals surface area contributed by atoms with Gasteiger partial charge in [0.15, 0.2) is 5.82 Å². The number of benzene rings is 1. The Bertz CT molecular complexity index is 569. The highest BCUT2D eigenvalue weighted by Gasteiger charge is 2.08. The summed E-state index contributed by atoms with van der Waals surface area (Å²) in [5, 5.41) is 10.9. The van der Waals surface area contributed by atoms with Gasteiger partial charge in [0.05, 0.1) is 6.20 Å². The second-order valence-electron chi connectivity index (χ2n) is 4.76. The molecule has 112 valence electrons. The van der Waals surface area contributed by atoms with Crippen molar-refractivity contribution in [3.63, 3.8) is 0 Å². The zero-order valence-electron chi connectivity index (χ0n) is 12.4. The van der Waals surface area contributed by atoms with Crippen LogP contribution in [0.2, 0.25) is 0 Å². The van der Waals surface area contributed by atoms with E-state index in [2.05, 4.69) is 39.2 Å². The minimum atomic E-state index is -0.303. The van der Waals surface area contributed by atoms with Crippen LogP contribution in [-0.4, -0.2) is 28.3 Å². The molecule has 1 aromatic carbocycles. The Kier molecular flexibility index (Phi) is 5.43. The van der Waals surface area contributed by atoms with Crippen LogP contribution < -0.4 is 10.2 Å². The molecule has 0 aliphatic heterocycles. The molecule has 0 saturated heterocycles. The topological polar surface area (TPSA) is 53.9 Å². The zero-order valence-corrected chi connectivity index (χ0v) is 12.4. The van der Waals surface area contributed by atoms with E-state index in [-0.39, 0.29) is 5.82 Å². The van der Waals surface area contributed by atoms with E-state index >= 15 is 0 Å². The van der Waals surface area contributed by atoms with Crippen molar-refractivity contribution in [2.24, 2.45) is 0 Å². The third-order valence-corrected chi connectivity index (χ3v) is 2.94. The Morgan fingerprint density at radius 2 is 1.95 bits per heavy atom. The summed E-state index contributed by atoms with van der Waals surface area (Å²) in [6, 6.07) is 6.18. The summed E-state index contributed by atoms with van der Waals surface area (Å²) >= 11 is 0. The first-order valence-electron chi connectivity index (χ1n) is 7.20. The largest absolute Gasteiger partial charge is 0.355 e. The standard InChI is InChI=1S/C15H20FN5/c1-3-8-21(9-4-2)14-11-17-20-15(19-14)18-13-7-5-6-12(16)10-13/h5-7,10-11H,3-4,8-9H2,1-2H3,(H,18,19,20). The van der Waals surface area contributed by atoms with Crippen molar-refractivity contribution in [1.29, 1.82) is 0 Å². The van der Waals surface area contributed by atoms with Gasteiger partial charge in [0.25, 0.3) is 0 Å². The fraction of sp³-hybridized carbons (Fsp3) is 0.400. The lowest BCUT2D eigenvalue weighted by molar-refractivity contribution is 0.628. The van der Waals surface area contributed by atoms with Crippen LogP contribution in [0.4, 0.5) is 21.8 Å². The van der Waals surface area contributed by atoms with E-state index in [0.717, 1.165) is 31.7 Å². The summed E-state index contributed by atoms with van der Waals surface area (Å²) in [4.78, 5) is 6.63. The van der Waals surface area contributed by atoms with Crippen LogP contribution in [0, 0.1) is 5.82 Å². The maximum Gasteiger partial charge on any atom is 0.249 e. The van der Waals surface area contributed by atoms with E-state index < -0.39 is 0 Å². The molecule has 2 rings (SSSR count). The van der Waals surface area contributed by atoms with Gasteiger partial charge in [0.1, 0.15) is 5.82 Å². The molecule has 0 unspecified atom stereocenters. The average molecular weight is 289 g/mol. The van der Waals surface area contributed by atoms with E-state index in [4.69, 9.17) is 0 Å². The number of halogens is 1.